The van der Waals surface area contributed by atoms with Gasteiger partial charge in [-0.2, -0.15) is 13.2 Å². The maximum atomic E-state index is 13.2. The third-order valence-corrected chi connectivity index (χ3v) is 2.83. The Bertz CT molecular complexity index is 515. The van der Waals surface area contributed by atoms with Crippen LogP contribution in [0.25, 0.3) is 0 Å². The summed E-state index contributed by atoms with van der Waals surface area (Å²) in [6.07, 6.45) is -5.71. The van der Waals surface area contributed by atoms with Crippen LogP contribution in [0.3, 0.4) is 0 Å². The van der Waals surface area contributed by atoms with E-state index < -0.39 is 24.3 Å². The first-order chi connectivity index (χ1) is 8.77. The fourth-order valence-corrected chi connectivity index (χ4v) is 1.85. The molecule has 0 spiro atoms. The van der Waals surface area contributed by atoms with E-state index in [2.05, 4.69) is 10.1 Å². The molecule has 0 saturated carbocycles. The molecular weight excluding hydrogens is 263 g/mol. The maximum absolute atomic E-state index is 13.2. The molecule has 0 amide bonds. The van der Waals surface area contributed by atoms with E-state index in [1.807, 2.05) is 0 Å². The number of carbonyl (C=O) groups is 1. The summed E-state index contributed by atoms with van der Waals surface area (Å²) in [7, 11) is 1.03. The summed E-state index contributed by atoms with van der Waals surface area (Å²) in [5.74, 6) is -0.943. The number of hydrogen-bond acceptors (Lipinski definition) is 4. The average molecular weight is 275 g/mol. The van der Waals surface area contributed by atoms with Crippen molar-refractivity contribution in [1.29, 1.82) is 0 Å². The van der Waals surface area contributed by atoms with Crippen LogP contribution in [0.5, 0.6) is 5.75 Å². The summed E-state index contributed by atoms with van der Waals surface area (Å²) >= 11 is 0. The number of anilines is 1. The summed E-state index contributed by atoms with van der Waals surface area (Å²) in [5.41, 5.74) is -1.77. The molecule has 7 heteroatoms. The number of carbonyl (C=O) groups excluding carboxylic acids is 1. The molecule has 1 aromatic carbocycles. The van der Waals surface area contributed by atoms with Crippen LogP contribution in [-0.2, 0) is 9.53 Å². The van der Waals surface area contributed by atoms with Crippen LogP contribution in [0.15, 0.2) is 18.2 Å². The second kappa shape index (κ2) is 4.32. The van der Waals surface area contributed by atoms with Crippen LogP contribution >= 0.6 is 0 Å². The van der Waals surface area contributed by atoms with Crippen LogP contribution < -0.4 is 10.1 Å². The first-order valence-corrected chi connectivity index (χ1v) is 5.49. The van der Waals surface area contributed by atoms with Gasteiger partial charge in [-0.1, -0.05) is 6.07 Å². The maximum Gasteiger partial charge on any atom is 0.449 e. The van der Waals surface area contributed by atoms with Gasteiger partial charge in [0, 0.05) is 0 Å². The number of fused-ring (bicyclic) bond motifs is 1. The molecule has 1 aliphatic heterocycles. The number of alkyl halides is 3. The molecule has 0 saturated heterocycles. The number of benzene rings is 1. The van der Waals surface area contributed by atoms with Gasteiger partial charge in [0.25, 0.3) is 5.72 Å². The molecule has 19 heavy (non-hydrogen) atoms. The lowest BCUT2D eigenvalue weighted by Gasteiger charge is -2.30. The molecule has 0 radical (unpaired) electrons. The molecule has 1 aromatic rings. The number of rotatable bonds is 2. The Morgan fingerprint density at radius 3 is 2.74 bits per heavy atom. The average Bonchev–Trinajstić information content (AvgIpc) is 2.66. The molecule has 1 heterocycles. The van der Waals surface area contributed by atoms with Crippen LogP contribution in [-0.4, -0.2) is 25.0 Å². The van der Waals surface area contributed by atoms with E-state index in [1.165, 1.54) is 12.1 Å². The molecule has 1 atom stereocenters. The first-order valence-electron chi connectivity index (χ1n) is 5.49. The molecule has 2 rings (SSSR count). The summed E-state index contributed by atoms with van der Waals surface area (Å²) in [6.45, 7) is 1.75. The SMILES string of the molecule is COC(=O)CC1(C(F)(F)F)Nc2cc(C)ccc2O1. The summed E-state index contributed by atoms with van der Waals surface area (Å²) in [4.78, 5) is 11.2. The predicted octanol–water partition coefficient (Wildman–Crippen LogP) is 2.62. The van der Waals surface area contributed by atoms with Crippen LogP contribution in [0, 0.1) is 6.92 Å². The van der Waals surface area contributed by atoms with Gasteiger partial charge < -0.3 is 14.8 Å². The Morgan fingerprint density at radius 1 is 1.47 bits per heavy atom. The Balaban J connectivity index is 2.37. The standard InChI is InChI=1S/C12H12F3NO3/c1-7-3-4-9-8(5-7)16-11(19-9,12(13,14)15)6-10(17)18-2/h3-5,16H,6H2,1-2H3. The lowest BCUT2D eigenvalue weighted by molar-refractivity contribution is -0.236. The normalized spacial score (nSPS) is 21.3. The third kappa shape index (κ3) is 2.32. The Hall–Kier alpha value is -1.92. The fraction of sp³-hybridized carbons (Fsp3) is 0.417. The van der Waals surface area contributed by atoms with Crippen molar-refractivity contribution in [2.75, 3.05) is 12.4 Å². The number of aryl methyl sites for hydroxylation is 1. The van der Waals surface area contributed by atoms with E-state index >= 15 is 0 Å². The number of ether oxygens (including phenoxy) is 2. The second-order valence-corrected chi connectivity index (χ2v) is 4.30. The van der Waals surface area contributed by atoms with Gasteiger partial charge in [-0.3, -0.25) is 4.79 Å². The Kier molecular flexibility index (Phi) is 3.07. The van der Waals surface area contributed by atoms with Crippen molar-refractivity contribution in [2.45, 2.75) is 25.2 Å². The van der Waals surface area contributed by atoms with Gasteiger partial charge in [-0.05, 0) is 24.6 Å². The molecule has 0 bridgehead atoms. The van der Waals surface area contributed by atoms with E-state index in [4.69, 9.17) is 4.74 Å². The van der Waals surface area contributed by atoms with E-state index in [0.29, 0.717) is 0 Å². The largest absolute Gasteiger partial charge is 0.469 e. The van der Waals surface area contributed by atoms with Gasteiger partial charge >= 0.3 is 12.1 Å². The van der Waals surface area contributed by atoms with Crippen molar-refractivity contribution in [1.82, 2.24) is 0 Å². The zero-order chi connectivity index (χ0) is 14.3. The van der Waals surface area contributed by atoms with Crippen LogP contribution in [0.2, 0.25) is 0 Å². The van der Waals surface area contributed by atoms with Crippen LogP contribution in [0.1, 0.15) is 12.0 Å². The highest BCUT2D eigenvalue weighted by Crippen LogP contribution is 2.46. The van der Waals surface area contributed by atoms with Crippen molar-refractivity contribution >= 4 is 11.7 Å². The number of halogens is 3. The van der Waals surface area contributed by atoms with Gasteiger partial charge in [0.1, 0.15) is 12.2 Å². The van der Waals surface area contributed by atoms with Crippen molar-refractivity contribution in [3.63, 3.8) is 0 Å². The van der Waals surface area contributed by atoms with Gasteiger partial charge in [-0.25, -0.2) is 0 Å². The highest BCUT2D eigenvalue weighted by Gasteiger charge is 2.62. The molecule has 0 aromatic heterocycles. The lowest BCUT2D eigenvalue weighted by atomic mass is 10.1. The zero-order valence-corrected chi connectivity index (χ0v) is 10.3. The molecule has 104 valence electrons. The lowest BCUT2D eigenvalue weighted by Crippen LogP contribution is -2.55. The summed E-state index contributed by atoms with van der Waals surface area (Å²) < 4.78 is 48.8. The second-order valence-electron chi connectivity index (χ2n) is 4.30. The number of nitrogens with one attached hydrogen (secondary N) is 1. The summed E-state index contributed by atoms with van der Waals surface area (Å²) in [6, 6.07) is 4.59. The van der Waals surface area contributed by atoms with Crippen molar-refractivity contribution in [3.05, 3.63) is 23.8 Å². The minimum atomic E-state index is -4.76. The highest BCUT2D eigenvalue weighted by molar-refractivity contribution is 5.74. The number of methoxy groups -OCH3 is 1. The van der Waals surface area contributed by atoms with Crippen molar-refractivity contribution < 1.29 is 27.4 Å². The van der Waals surface area contributed by atoms with Crippen molar-refractivity contribution in [3.8, 4) is 5.75 Å². The van der Waals surface area contributed by atoms with E-state index in [0.717, 1.165) is 12.7 Å². The quantitative estimate of drug-likeness (QED) is 0.843. The minimum absolute atomic E-state index is 0.0619. The fourth-order valence-electron chi connectivity index (χ4n) is 1.85. The highest BCUT2D eigenvalue weighted by atomic mass is 19.4. The zero-order valence-electron chi connectivity index (χ0n) is 10.3. The Morgan fingerprint density at radius 2 is 2.16 bits per heavy atom. The van der Waals surface area contributed by atoms with Gasteiger partial charge in [0.15, 0.2) is 0 Å². The smallest absolute Gasteiger partial charge is 0.449 e. The summed E-state index contributed by atoms with van der Waals surface area (Å²) in [5, 5.41) is 2.25. The topological polar surface area (TPSA) is 47.6 Å². The molecule has 4 nitrogen and oxygen atoms in total. The van der Waals surface area contributed by atoms with Gasteiger partial charge in [-0.15, -0.1) is 0 Å². The van der Waals surface area contributed by atoms with Crippen molar-refractivity contribution in [2.24, 2.45) is 0 Å². The monoisotopic (exact) mass is 275 g/mol. The number of hydrogen-bond donors (Lipinski definition) is 1. The first kappa shape index (κ1) is 13.5. The van der Waals surface area contributed by atoms with E-state index in [-0.39, 0.29) is 11.4 Å². The van der Waals surface area contributed by atoms with Gasteiger partial charge in [0.05, 0.1) is 12.8 Å². The molecule has 1 aliphatic rings. The van der Waals surface area contributed by atoms with E-state index in [1.54, 1.807) is 13.0 Å². The van der Waals surface area contributed by atoms with Gasteiger partial charge in [0.2, 0.25) is 0 Å². The molecule has 1 N–H and O–H groups in total. The third-order valence-electron chi connectivity index (χ3n) is 2.83. The predicted molar refractivity (Wildman–Crippen MR) is 60.8 cm³/mol. The number of esters is 1. The van der Waals surface area contributed by atoms with Crippen LogP contribution in [0.4, 0.5) is 18.9 Å². The van der Waals surface area contributed by atoms with E-state index in [9.17, 15) is 18.0 Å². The molecule has 0 aliphatic carbocycles. The molecule has 0 fully saturated rings. The Labute approximate surface area is 107 Å². The molecule has 1 unspecified atom stereocenters. The molecular formula is C12H12F3NO3. The minimum Gasteiger partial charge on any atom is -0.469 e.